The van der Waals surface area contributed by atoms with Gasteiger partial charge in [-0.3, -0.25) is 10.1 Å². The molecule has 1 rings (SSSR count). The van der Waals surface area contributed by atoms with Gasteiger partial charge in [-0.2, -0.15) is 5.26 Å². The largest absolute Gasteiger partial charge is 0.478 e. The van der Waals surface area contributed by atoms with E-state index in [1.165, 1.54) is 23.1 Å². The van der Waals surface area contributed by atoms with Crippen molar-refractivity contribution >= 4 is 17.3 Å². The van der Waals surface area contributed by atoms with Crippen LogP contribution < -0.4 is 4.90 Å². The first-order valence-corrected chi connectivity index (χ1v) is 5.65. The topological polar surface area (TPSA) is 107 Å². The summed E-state index contributed by atoms with van der Waals surface area (Å²) < 4.78 is 0. The third-order valence-electron chi connectivity index (χ3n) is 2.63. The van der Waals surface area contributed by atoms with Gasteiger partial charge < -0.3 is 10.0 Å². The van der Waals surface area contributed by atoms with Crippen molar-refractivity contribution in [1.82, 2.24) is 0 Å². The molecule has 1 N–H and O–H groups in total. The third kappa shape index (κ3) is 3.19. The van der Waals surface area contributed by atoms with Crippen molar-refractivity contribution in [1.29, 1.82) is 5.26 Å². The number of rotatable bonds is 6. The van der Waals surface area contributed by atoms with Crippen LogP contribution in [0.3, 0.4) is 0 Å². The quantitative estimate of drug-likeness (QED) is 0.621. The molecule has 0 fully saturated rings. The highest BCUT2D eigenvalue weighted by Crippen LogP contribution is 2.32. The Morgan fingerprint density at radius 1 is 1.58 bits per heavy atom. The van der Waals surface area contributed by atoms with Crippen molar-refractivity contribution in [3.05, 3.63) is 33.9 Å². The highest BCUT2D eigenvalue weighted by Gasteiger charge is 2.25. The molecule has 0 bridgehead atoms. The summed E-state index contributed by atoms with van der Waals surface area (Å²) in [5.74, 6) is -1.23. The number of aromatic carboxylic acids is 1. The summed E-state index contributed by atoms with van der Waals surface area (Å²) >= 11 is 0. The number of nitro groups is 1. The number of nitro benzene ring substituents is 1. The third-order valence-corrected chi connectivity index (χ3v) is 2.63. The Balaban J connectivity index is 3.38. The van der Waals surface area contributed by atoms with Crippen molar-refractivity contribution in [3.8, 4) is 6.07 Å². The van der Waals surface area contributed by atoms with Gasteiger partial charge in [-0.1, -0.05) is 6.07 Å². The fourth-order valence-electron chi connectivity index (χ4n) is 1.80. The minimum absolute atomic E-state index is 0.0535. The monoisotopic (exact) mass is 263 g/mol. The first-order valence-electron chi connectivity index (χ1n) is 5.65. The molecule has 0 saturated carbocycles. The number of benzene rings is 1. The number of carboxylic acids is 1. The van der Waals surface area contributed by atoms with Crippen LogP contribution in [0.1, 0.15) is 23.7 Å². The number of hydrogen-bond donors (Lipinski definition) is 1. The van der Waals surface area contributed by atoms with Gasteiger partial charge in [0.25, 0.3) is 5.69 Å². The first kappa shape index (κ1) is 14.4. The number of anilines is 1. The van der Waals surface area contributed by atoms with Gasteiger partial charge >= 0.3 is 5.97 Å². The van der Waals surface area contributed by atoms with E-state index in [1.807, 2.05) is 6.07 Å². The van der Waals surface area contributed by atoms with Gasteiger partial charge in [-0.25, -0.2) is 4.79 Å². The molecule has 7 nitrogen and oxygen atoms in total. The summed E-state index contributed by atoms with van der Waals surface area (Å²) in [4.78, 5) is 23.1. The molecule has 19 heavy (non-hydrogen) atoms. The van der Waals surface area contributed by atoms with Crippen molar-refractivity contribution in [2.75, 3.05) is 18.0 Å². The fourth-order valence-corrected chi connectivity index (χ4v) is 1.80. The molecule has 100 valence electrons. The normalized spacial score (nSPS) is 9.68. The van der Waals surface area contributed by atoms with Crippen LogP contribution in [0.15, 0.2) is 18.2 Å². The molecule has 7 heteroatoms. The smallest absolute Gasteiger partial charge is 0.338 e. The Hall–Kier alpha value is -2.62. The lowest BCUT2D eigenvalue weighted by molar-refractivity contribution is -0.384. The molecule has 0 atom stereocenters. The number of nitriles is 1. The van der Waals surface area contributed by atoms with Crippen LogP contribution in [-0.2, 0) is 0 Å². The zero-order chi connectivity index (χ0) is 14.4. The molecule has 0 saturated heterocycles. The molecule has 0 amide bonds. The minimum Gasteiger partial charge on any atom is -0.478 e. The van der Waals surface area contributed by atoms with Crippen LogP contribution in [0.25, 0.3) is 0 Å². The molecule has 0 aliphatic carbocycles. The average molecular weight is 263 g/mol. The van der Waals surface area contributed by atoms with Crippen LogP contribution in [0.4, 0.5) is 11.4 Å². The van der Waals surface area contributed by atoms with Crippen molar-refractivity contribution in [2.45, 2.75) is 13.3 Å². The van der Waals surface area contributed by atoms with Gasteiger partial charge in [-0.05, 0) is 13.0 Å². The zero-order valence-corrected chi connectivity index (χ0v) is 10.4. The molecule has 0 spiro atoms. The highest BCUT2D eigenvalue weighted by atomic mass is 16.6. The van der Waals surface area contributed by atoms with Gasteiger partial charge in [0.1, 0.15) is 5.69 Å². The summed E-state index contributed by atoms with van der Waals surface area (Å²) in [6.45, 7) is 2.38. The number of carbonyl (C=O) groups is 1. The molecule has 0 unspecified atom stereocenters. The van der Waals surface area contributed by atoms with E-state index in [9.17, 15) is 14.9 Å². The standard InChI is InChI=1S/C12H13N3O4/c1-2-14(8-4-7-13)11-9(12(16)17)5-3-6-10(11)15(18)19/h3,5-6H,2,4,8H2,1H3,(H,16,17). The Morgan fingerprint density at radius 2 is 2.26 bits per heavy atom. The molecule has 0 heterocycles. The van der Waals surface area contributed by atoms with Crippen molar-refractivity contribution in [2.24, 2.45) is 0 Å². The minimum atomic E-state index is -1.23. The molecule has 0 aromatic heterocycles. The van der Waals surface area contributed by atoms with E-state index in [-0.39, 0.29) is 29.9 Å². The second kappa shape index (κ2) is 6.35. The molecule has 1 aromatic carbocycles. The predicted molar refractivity (Wildman–Crippen MR) is 68.2 cm³/mol. The molecular weight excluding hydrogens is 250 g/mol. The highest BCUT2D eigenvalue weighted by molar-refractivity contribution is 5.97. The number of nitrogens with zero attached hydrogens (tertiary/aromatic N) is 3. The predicted octanol–water partition coefficient (Wildman–Crippen LogP) is 2.03. The second-order valence-corrected chi connectivity index (χ2v) is 3.72. The SMILES string of the molecule is CCN(CCC#N)c1c(C(=O)O)cccc1[N+](=O)[O-]. The van der Waals surface area contributed by atoms with Crippen LogP contribution in [0, 0.1) is 21.4 Å². The van der Waals surface area contributed by atoms with Crippen LogP contribution in [0.5, 0.6) is 0 Å². The molecule has 0 radical (unpaired) electrons. The maximum Gasteiger partial charge on any atom is 0.338 e. The average Bonchev–Trinajstić information content (AvgIpc) is 2.39. The van der Waals surface area contributed by atoms with E-state index >= 15 is 0 Å². The lowest BCUT2D eigenvalue weighted by atomic mass is 10.1. The summed E-state index contributed by atoms with van der Waals surface area (Å²) in [5, 5.41) is 28.7. The van der Waals surface area contributed by atoms with E-state index < -0.39 is 10.9 Å². The van der Waals surface area contributed by atoms with E-state index in [0.717, 1.165) is 0 Å². The lowest BCUT2D eigenvalue weighted by Gasteiger charge is -2.23. The Kier molecular flexibility index (Phi) is 4.83. The van der Waals surface area contributed by atoms with Crippen molar-refractivity contribution in [3.63, 3.8) is 0 Å². The van der Waals surface area contributed by atoms with Gasteiger partial charge in [0.15, 0.2) is 0 Å². The molecular formula is C12H13N3O4. The number of carboxylic acid groups (broad SMARTS) is 1. The van der Waals surface area contributed by atoms with Crippen molar-refractivity contribution < 1.29 is 14.8 Å². The van der Waals surface area contributed by atoms with E-state index in [0.29, 0.717) is 6.54 Å². The summed E-state index contributed by atoms with van der Waals surface area (Å²) in [6, 6.07) is 5.86. The summed E-state index contributed by atoms with van der Waals surface area (Å²) in [7, 11) is 0. The fraction of sp³-hybridized carbons (Fsp3) is 0.333. The number of hydrogen-bond acceptors (Lipinski definition) is 5. The van der Waals surface area contributed by atoms with E-state index in [1.54, 1.807) is 6.92 Å². The van der Waals surface area contributed by atoms with Crippen LogP contribution in [-0.4, -0.2) is 29.1 Å². The van der Waals surface area contributed by atoms with Crippen LogP contribution in [0.2, 0.25) is 0 Å². The Bertz CT molecular complexity index is 504. The maximum absolute atomic E-state index is 11.2. The van der Waals surface area contributed by atoms with Gasteiger partial charge in [0, 0.05) is 19.2 Å². The Morgan fingerprint density at radius 3 is 2.74 bits per heavy atom. The molecule has 0 aliphatic rings. The molecule has 1 aromatic rings. The van der Waals surface area contributed by atoms with Gasteiger partial charge in [-0.15, -0.1) is 0 Å². The van der Waals surface area contributed by atoms with E-state index in [2.05, 4.69) is 0 Å². The maximum atomic E-state index is 11.2. The zero-order valence-electron chi connectivity index (χ0n) is 10.4. The molecule has 0 aliphatic heterocycles. The first-order chi connectivity index (χ1) is 9.02. The lowest BCUT2D eigenvalue weighted by Crippen LogP contribution is -2.26. The second-order valence-electron chi connectivity index (χ2n) is 3.72. The number of para-hydroxylation sites is 1. The van der Waals surface area contributed by atoms with Gasteiger partial charge in [0.05, 0.1) is 23.0 Å². The summed E-state index contributed by atoms with van der Waals surface area (Å²) in [5.41, 5.74) is -0.341. The Labute approximate surface area is 109 Å². The summed E-state index contributed by atoms with van der Waals surface area (Å²) in [6.07, 6.45) is 0.166. The van der Waals surface area contributed by atoms with Gasteiger partial charge in [0.2, 0.25) is 0 Å². The van der Waals surface area contributed by atoms with E-state index in [4.69, 9.17) is 10.4 Å². The van der Waals surface area contributed by atoms with Crippen LogP contribution >= 0.6 is 0 Å².